The smallest absolute Gasteiger partial charge is 0.0710 e. The molecule has 0 amide bonds. The zero-order chi connectivity index (χ0) is 12.3. The van der Waals surface area contributed by atoms with E-state index >= 15 is 0 Å². The predicted molar refractivity (Wildman–Crippen MR) is 69.3 cm³/mol. The van der Waals surface area contributed by atoms with Crippen LogP contribution in [0.25, 0.3) is 5.52 Å². The van der Waals surface area contributed by atoms with Gasteiger partial charge in [-0.15, -0.1) is 0 Å². The third kappa shape index (κ3) is 2.33. The molecule has 0 aromatic carbocycles. The van der Waals surface area contributed by atoms with Crippen LogP contribution >= 0.6 is 0 Å². The van der Waals surface area contributed by atoms with Crippen LogP contribution in [0.4, 0.5) is 0 Å². The normalized spacial score (nSPS) is 15.0. The van der Waals surface area contributed by atoms with Gasteiger partial charge < -0.3 is 0 Å². The minimum atomic E-state index is 0.162. The number of rotatable bonds is 5. The highest BCUT2D eigenvalue weighted by molar-refractivity contribution is 5.54. The minimum absolute atomic E-state index is 0.162. The van der Waals surface area contributed by atoms with Crippen molar-refractivity contribution in [2.45, 2.75) is 32.7 Å². The van der Waals surface area contributed by atoms with E-state index in [1.54, 1.807) is 0 Å². The largest absolute Gasteiger partial charge is 0.271 e. The Bertz CT molecular complexity index is 477. The third-order valence-electron chi connectivity index (χ3n) is 3.28. The Morgan fingerprint density at radius 3 is 3.00 bits per heavy atom. The van der Waals surface area contributed by atoms with Crippen molar-refractivity contribution in [3.8, 4) is 0 Å². The molecule has 0 saturated heterocycles. The summed E-state index contributed by atoms with van der Waals surface area (Å²) in [6.45, 7) is 4.42. The molecule has 2 rings (SSSR count). The molecule has 2 heterocycles. The Kier molecular flexibility index (Phi) is 3.76. The van der Waals surface area contributed by atoms with Crippen LogP contribution in [-0.4, -0.2) is 9.61 Å². The molecule has 0 aliphatic carbocycles. The highest BCUT2D eigenvalue weighted by atomic mass is 15.3. The van der Waals surface area contributed by atoms with Crippen molar-refractivity contribution in [2.75, 3.05) is 0 Å². The highest BCUT2D eigenvalue weighted by Gasteiger charge is 2.20. The van der Waals surface area contributed by atoms with Gasteiger partial charge >= 0.3 is 0 Å². The van der Waals surface area contributed by atoms with Crippen LogP contribution < -0.4 is 11.3 Å². The molecule has 0 fully saturated rings. The van der Waals surface area contributed by atoms with E-state index in [1.807, 2.05) is 29.0 Å². The molecule has 92 valence electrons. The molecule has 3 N–H and O–H groups in total. The van der Waals surface area contributed by atoms with Crippen LogP contribution in [0, 0.1) is 5.92 Å². The van der Waals surface area contributed by atoms with Crippen molar-refractivity contribution in [3.05, 3.63) is 36.2 Å². The number of pyridine rings is 1. The average molecular weight is 232 g/mol. The van der Waals surface area contributed by atoms with E-state index in [9.17, 15) is 0 Å². The number of nitrogens with one attached hydrogen (secondary N) is 1. The summed E-state index contributed by atoms with van der Waals surface area (Å²) in [6.07, 6.45) is 6.18. The van der Waals surface area contributed by atoms with Gasteiger partial charge in [-0.25, -0.2) is 4.52 Å². The maximum atomic E-state index is 5.70. The summed E-state index contributed by atoms with van der Waals surface area (Å²) in [7, 11) is 0. The lowest BCUT2D eigenvalue weighted by Crippen LogP contribution is -2.32. The van der Waals surface area contributed by atoms with Crippen LogP contribution in [0.5, 0.6) is 0 Å². The molecule has 0 aliphatic heterocycles. The molecule has 2 aromatic rings. The zero-order valence-corrected chi connectivity index (χ0v) is 10.4. The molecule has 17 heavy (non-hydrogen) atoms. The summed E-state index contributed by atoms with van der Waals surface area (Å²) >= 11 is 0. The van der Waals surface area contributed by atoms with Gasteiger partial charge in [-0.1, -0.05) is 26.3 Å². The van der Waals surface area contributed by atoms with Crippen LogP contribution in [0.15, 0.2) is 30.6 Å². The Morgan fingerprint density at radius 2 is 2.29 bits per heavy atom. The predicted octanol–water partition coefficient (Wildman–Crippen LogP) is 2.27. The maximum Gasteiger partial charge on any atom is 0.0710 e. The lowest BCUT2D eigenvalue weighted by atomic mass is 9.92. The van der Waals surface area contributed by atoms with Crippen molar-refractivity contribution in [1.82, 2.24) is 15.0 Å². The fraction of sp³-hybridized carbons (Fsp3) is 0.462. The van der Waals surface area contributed by atoms with Gasteiger partial charge in [0.15, 0.2) is 0 Å². The second kappa shape index (κ2) is 5.29. The summed E-state index contributed by atoms with van der Waals surface area (Å²) in [6, 6.07) is 6.24. The number of nitrogens with zero attached hydrogens (tertiary/aromatic N) is 2. The molecular weight excluding hydrogens is 212 g/mol. The number of hydrazine groups is 1. The molecule has 0 bridgehead atoms. The molecule has 2 unspecified atom stereocenters. The standard InChI is InChI=1S/C13H20N4/c1-3-6-10(2)13(16-14)11-9-15-17-8-5-4-7-12(11)17/h4-5,7-10,13,16H,3,6,14H2,1-2H3. The first kappa shape index (κ1) is 12.1. The fourth-order valence-corrected chi connectivity index (χ4v) is 2.38. The first-order valence-corrected chi connectivity index (χ1v) is 6.16. The Balaban J connectivity index is 2.36. The van der Waals surface area contributed by atoms with Crippen molar-refractivity contribution in [1.29, 1.82) is 0 Å². The molecule has 0 spiro atoms. The Labute approximate surface area is 102 Å². The van der Waals surface area contributed by atoms with Gasteiger partial charge in [0.25, 0.3) is 0 Å². The molecule has 4 heteroatoms. The Morgan fingerprint density at radius 1 is 1.47 bits per heavy atom. The molecule has 2 aromatic heterocycles. The summed E-state index contributed by atoms with van der Waals surface area (Å²) in [4.78, 5) is 0. The van der Waals surface area contributed by atoms with E-state index < -0.39 is 0 Å². The van der Waals surface area contributed by atoms with Gasteiger partial charge in [0.05, 0.1) is 17.8 Å². The summed E-state index contributed by atoms with van der Waals surface area (Å²) < 4.78 is 1.89. The molecule has 2 atom stereocenters. The van der Waals surface area contributed by atoms with Crippen LogP contribution in [0.3, 0.4) is 0 Å². The van der Waals surface area contributed by atoms with Gasteiger partial charge in [0.2, 0.25) is 0 Å². The molecule has 0 aliphatic rings. The third-order valence-corrected chi connectivity index (χ3v) is 3.28. The number of fused-ring (bicyclic) bond motifs is 1. The second-order valence-electron chi connectivity index (χ2n) is 4.54. The molecule has 0 radical (unpaired) electrons. The van der Waals surface area contributed by atoms with E-state index in [0.29, 0.717) is 5.92 Å². The number of aromatic nitrogens is 2. The summed E-state index contributed by atoms with van der Waals surface area (Å²) in [5, 5.41) is 4.35. The minimum Gasteiger partial charge on any atom is -0.271 e. The van der Waals surface area contributed by atoms with Gasteiger partial charge in [-0.3, -0.25) is 11.3 Å². The fourth-order valence-electron chi connectivity index (χ4n) is 2.38. The van der Waals surface area contributed by atoms with E-state index in [2.05, 4.69) is 30.4 Å². The SMILES string of the molecule is CCCC(C)C(NN)c1cnn2ccccc12. The van der Waals surface area contributed by atoms with Crippen molar-refractivity contribution >= 4 is 5.52 Å². The zero-order valence-electron chi connectivity index (χ0n) is 10.4. The average Bonchev–Trinajstić information content (AvgIpc) is 2.75. The van der Waals surface area contributed by atoms with Gasteiger partial charge in [-0.05, 0) is 24.5 Å². The van der Waals surface area contributed by atoms with Gasteiger partial charge in [-0.2, -0.15) is 5.10 Å². The summed E-state index contributed by atoms with van der Waals surface area (Å²) in [5.74, 6) is 6.20. The van der Waals surface area contributed by atoms with Crippen molar-refractivity contribution in [3.63, 3.8) is 0 Å². The Hall–Kier alpha value is -1.39. The van der Waals surface area contributed by atoms with Crippen molar-refractivity contribution in [2.24, 2.45) is 11.8 Å². The van der Waals surface area contributed by atoms with E-state index in [0.717, 1.165) is 11.9 Å². The van der Waals surface area contributed by atoms with E-state index in [1.165, 1.54) is 12.0 Å². The molecule has 0 saturated carbocycles. The second-order valence-corrected chi connectivity index (χ2v) is 4.54. The highest BCUT2D eigenvalue weighted by Crippen LogP contribution is 2.27. The topological polar surface area (TPSA) is 55.3 Å². The number of nitrogens with two attached hydrogens (primary N) is 1. The number of hydrogen-bond acceptors (Lipinski definition) is 3. The lowest BCUT2D eigenvalue weighted by Gasteiger charge is -2.22. The molecule has 4 nitrogen and oxygen atoms in total. The molecular formula is C13H20N4. The van der Waals surface area contributed by atoms with Crippen LogP contribution in [0.2, 0.25) is 0 Å². The van der Waals surface area contributed by atoms with Gasteiger partial charge in [0.1, 0.15) is 0 Å². The van der Waals surface area contributed by atoms with E-state index in [-0.39, 0.29) is 6.04 Å². The van der Waals surface area contributed by atoms with E-state index in [4.69, 9.17) is 5.84 Å². The lowest BCUT2D eigenvalue weighted by molar-refractivity contribution is 0.370. The maximum absolute atomic E-state index is 5.70. The first-order valence-electron chi connectivity index (χ1n) is 6.16. The van der Waals surface area contributed by atoms with Crippen LogP contribution in [-0.2, 0) is 0 Å². The monoisotopic (exact) mass is 232 g/mol. The first-order chi connectivity index (χ1) is 8.27. The van der Waals surface area contributed by atoms with Crippen LogP contribution in [0.1, 0.15) is 38.3 Å². The quantitative estimate of drug-likeness (QED) is 0.614. The summed E-state index contributed by atoms with van der Waals surface area (Å²) in [5.41, 5.74) is 5.23. The van der Waals surface area contributed by atoms with Gasteiger partial charge in [0, 0.05) is 11.8 Å². The van der Waals surface area contributed by atoms with Crippen molar-refractivity contribution < 1.29 is 0 Å². The number of hydrogen-bond donors (Lipinski definition) is 2.